The van der Waals surface area contributed by atoms with Crippen molar-refractivity contribution in [2.45, 2.75) is 25.4 Å². The Labute approximate surface area is 109 Å². The van der Waals surface area contributed by atoms with E-state index in [1.165, 1.54) is 13.1 Å². The summed E-state index contributed by atoms with van der Waals surface area (Å²) in [4.78, 5) is 25.3. The Balaban J connectivity index is 2.49. The van der Waals surface area contributed by atoms with Crippen LogP contribution in [-0.4, -0.2) is 38.6 Å². The number of hydrogen-bond donors (Lipinski definition) is 3. The highest BCUT2D eigenvalue weighted by molar-refractivity contribution is 5.08. The first kappa shape index (κ1) is 12.2. The van der Waals surface area contributed by atoms with Crippen LogP contribution in [0.3, 0.4) is 0 Å². The molecule has 0 radical (unpaired) electrons. The molecule has 0 amide bonds. The number of aryl methyl sites for hydroxylation is 1. The lowest BCUT2D eigenvalue weighted by Gasteiger charge is -2.17. The van der Waals surface area contributed by atoms with Gasteiger partial charge in [-0.05, 0) is 6.92 Å². The fourth-order valence-electron chi connectivity index (χ4n) is 2.07. The van der Waals surface area contributed by atoms with Gasteiger partial charge in [0, 0.05) is 11.8 Å². The number of nitrogens with one attached hydrogen (secondary N) is 1. The maximum Gasteiger partial charge on any atom is 0.330 e. The molecule has 0 saturated carbocycles. The molecule has 1 aromatic heterocycles. The molecule has 0 spiro atoms. The first-order valence-corrected chi connectivity index (χ1v) is 5.68. The molecule has 102 valence electrons. The van der Waals surface area contributed by atoms with Crippen molar-refractivity contribution in [3.63, 3.8) is 0 Å². The summed E-state index contributed by atoms with van der Waals surface area (Å²) >= 11 is 0. The van der Waals surface area contributed by atoms with E-state index in [4.69, 9.17) is 11.2 Å². The Morgan fingerprint density at radius 2 is 2.42 bits per heavy atom. The maximum absolute atomic E-state index is 11.8. The van der Waals surface area contributed by atoms with Crippen LogP contribution in [0.15, 0.2) is 15.8 Å². The number of aromatic amines is 1. The van der Waals surface area contributed by atoms with Crippen molar-refractivity contribution < 1.29 is 16.3 Å². The summed E-state index contributed by atoms with van der Waals surface area (Å²) in [6, 6.07) is 0. The Morgan fingerprint density at radius 1 is 1.68 bits per heavy atom. The van der Waals surface area contributed by atoms with Crippen LogP contribution >= 0.6 is 0 Å². The van der Waals surface area contributed by atoms with Gasteiger partial charge in [0.2, 0.25) is 0 Å². The van der Waals surface area contributed by atoms with Gasteiger partial charge in [-0.25, -0.2) is 4.79 Å². The van der Waals surface area contributed by atoms with Crippen molar-refractivity contribution >= 4 is 0 Å². The summed E-state index contributed by atoms with van der Waals surface area (Å²) in [5.74, 6) is 1.61. The second-order valence-corrected chi connectivity index (χ2v) is 4.39. The van der Waals surface area contributed by atoms with E-state index in [0.29, 0.717) is 5.56 Å². The van der Waals surface area contributed by atoms with Crippen LogP contribution in [0.5, 0.6) is 0 Å². The molecule has 2 rings (SSSR count). The molecule has 1 aliphatic rings. The Hall–Kier alpha value is -1.88. The highest BCUT2D eigenvalue weighted by Gasteiger charge is 2.43. The monoisotopic (exact) mass is 267 g/mol. The summed E-state index contributed by atoms with van der Waals surface area (Å²) < 4.78 is 13.4. The van der Waals surface area contributed by atoms with E-state index in [-0.39, 0.29) is 0 Å². The molecule has 1 fully saturated rings. The Kier molecular flexibility index (Phi) is 3.21. The molecule has 1 aliphatic heterocycles. The number of H-pyrrole nitrogens is 1. The molecule has 19 heavy (non-hydrogen) atoms. The molecule has 4 atom stereocenters. The molecule has 3 N–H and O–H groups in total. The van der Waals surface area contributed by atoms with Crippen LogP contribution in [-0.2, 0) is 4.74 Å². The summed E-state index contributed by atoms with van der Waals surface area (Å²) in [6.07, 6.45) is 0.233. The molecule has 7 nitrogen and oxygen atoms in total. The van der Waals surface area contributed by atoms with Crippen molar-refractivity contribution in [1.29, 1.82) is 0 Å². The van der Waals surface area contributed by atoms with Gasteiger partial charge in [0.1, 0.15) is 13.6 Å². The lowest BCUT2D eigenvalue weighted by molar-refractivity contribution is -0.0470. The van der Waals surface area contributed by atoms with Gasteiger partial charge < -0.3 is 14.9 Å². The van der Waals surface area contributed by atoms with Crippen LogP contribution in [0.4, 0.5) is 0 Å². The number of nitrogens with zero attached hydrogens (tertiary/aromatic N) is 1. The van der Waals surface area contributed by atoms with Crippen LogP contribution in [0.25, 0.3) is 0 Å². The maximum atomic E-state index is 11.8. The van der Waals surface area contributed by atoms with Crippen LogP contribution in [0.2, 0.25) is 0 Å². The van der Waals surface area contributed by atoms with E-state index in [0.717, 1.165) is 4.57 Å². The third kappa shape index (κ3) is 2.21. The molecular formula is C12H14N2O5. The number of aromatic nitrogens is 2. The number of hydrogen-bond acceptors (Lipinski definition) is 5. The summed E-state index contributed by atoms with van der Waals surface area (Å²) in [6.45, 7) is 1.08. The van der Waals surface area contributed by atoms with Gasteiger partial charge in [-0.1, -0.05) is 5.92 Å². The number of aliphatic hydroxyl groups excluding tert-OH is 2. The van der Waals surface area contributed by atoms with Gasteiger partial charge in [0.05, 0.1) is 12.5 Å². The first-order valence-electron chi connectivity index (χ1n) is 6.18. The van der Waals surface area contributed by atoms with E-state index < -0.39 is 42.2 Å². The van der Waals surface area contributed by atoms with Gasteiger partial charge >= 0.3 is 5.69 Å². The van der Waals surface area contributed by atoms with E-state index >= 15 is 0 Å². The second kappa shape index (κ2) is 5.01. The highest BCUT2D eigenvalue weighted by Crippen LogP contribution is 2.33. The van der Waals surface area contributed by atoms with E-state index in [1.54, 1.807) is 0 Å². The molecule has 1 aromatic rings. The molecule has 0 aliphatic carbocycles. The molecule has 0 bridgehead atoms. The smallest absolute Gasteiger partial charge is 0.330 e. The number of ether oxygens (including phenoxy) is 1. The summed E-state index contributed by atoms with van der Waals surface area (Å²) in [5.41, 5.74) is -0.910. The third-order valence-corrected chi connectivity index (χ3v) is 3.14. The van der Waals surface area contributed by atoms with E-state index in [1.807, 2.05) is 6.40 Å². The van der Waals surface area contributed by atoms with Crippen molar-refractivity contribution in [2.24, 2.45) is 5.92 Å². The predicted octanol–water partition coefficient (Wildman–Crippen LogP) is -1.65. The van der Waals surface area contributed by atoms with Crippen molar-refractivity contribution in [2.75, 3.05) is 6.61 Å². The normalized spacial score (nSPS) is 30.6. The fraction of sp³-hybridized carbons (Fsp3) is 0.500. The summed E-state index contributed by atoms with van der Waals surface area (Å²) in [5, 5.41) is 19.1. The quantitative estimate of drug-likeness (QED) is 0.557. The average molecular weight is 267 g/mol. The van der Waals surface area contributed by atoms with Gasteiger partial charge in [0.25, 0.3) is 5.56 Å². The van der Waals surface area contributed by atoms with Crippen molar-refractivity contribution in [1.82, 2.24) is 9.55 Å². The minimum absolute atomic E-state index is 0.299. The zero-order valence-electron chi connectivity index (χ0n) is 11.2. The van der Waals surface area contributed by atoms with Crippen LogP contribution < -0.4 is 11.2 Å². The first-order chi connectivity index (χ1) is 9.49. The second-order valence-electron chi connectivity index (χ2n) is 4.39. The minimum Gasteiger partial charge on any atom is -0.394 e. The molecular weight excluding hydrogens is 252 g/mol. The SMILES string of the molecule is [2H]C#C[C@@H]1C(n2cc(C)c(=O)[nH]c2=O)O[C@H](CO)[C@H]1O. The highest BCUT2D eigenvalue weighted by atomic mass is 16.5. The lowest BCUT2D eigenvalue weighted by atomic mass is 10.0. The number of terminal acetylenes is 1. The van der Waals surface area contributed by atoms with Gasteiger partial charge in [-0.3, -0.25) is 14.3 Å². The number of rotatable bonds is 2. The molecule has 2 heterocycles. The lowest BCUT2D eigenvalue weighted by Crippen LogP contribution is -2.35. The predicted molar refractivity (Wildman–Crippen MR) is 65.4 cm³/mol. The van der Waals surface area contributed by atoms with Crippen LogP contribution in [0.1, 0.15) is 13.2 Å². The van der Waals surface area contributed by atoms with Gasteiger partial charge in [-0.2, -0.15) is 0 Å². The number of aliphatic hydroxyl groups is 2. The zero-order valence-corrected chi connectivity index (χ0v) is 10.2. The standard InChI is InChI=1S/C12H14N2O5/c1-3-7-9(16)8(5-15)19-11(7)14-4-6(2)10(17)13-12(14)18/h1,4,7-9,11,15-16H,5H2,2H3,(H,13,17,18)/t7-,8+,9-,11?/m0/s1/i1D. The zero-order chi connectivity index (χ0) is 14.9. The van der Waals surface area contributed by atoms with Crippen molar-refractivity contribution in [3.05, 3.63) is 32.6 Å². The van der Waals surface area contributed by atoms with Gasteiger partial charge in [-0.15, -0.1) is 6.40 Å². The van der Waals surface area contributed by atoms with Gasteiger partial charge in [0.15, 0.2) is 6.23 Å². The van der Waals surface area contributed by atoms with Crippen molar-refractivity contribution in [3.8, 4) is 12.3 Å². The fourth-order valence-corrected chi connectivity index (χ4v) is 2.07. The topological polar surface area (TPSA) is 105 Å². The van der Waals surface area contributed by atoms with E-state index in [2.05, 4.69) is 10.9 Å². The summed E-state index contributed by atoms with van der Waals surface area (Å²) in [7, 11) is 0. The Bertz CT molecular complexity index is 671. The Morgan fingerprint density at radius 3 is 3.05 bits per heavy atom. The molecule has 0 aromatic carbocycles. The van der Waals surface area contributed by atoms with E-state index in [9.17, 15) is 14.7 Å². The van der Waals surface area contributed by atoms with Crippen LogP contribution in [0, 0.1) is 25.2 Å². The molecule has 1 saturated heterocycles. The third-order valence-electron chi connectivity index (χ3n) is 3.14. The minimum atomic E-state index is -1.12. The largest absolute Gasteiger partial charge is 0.394 e. The molecule has 7 heteroatoms. The average Bonchev–Trinajstić information content (AvgIpc) is 2.72. The molecule has 1 unspecified atom stereocenters.